The van der Waals surface area contributed by atoms with Crippen LogP contribution in [0.2, 0.25) is 0 Å². The number of hydrogen-bond donors (Lipinski definition) is 2. The smallest absolute Gasteiger partial charge is 0.412 e. The van der Waals surface area contributed by atoms with E-state index < -0.39 is 11.7 Å². The Kier molecular flexibility index (Phi) is 5.19. The van der Waals surface area contributed by atoms with Gasteiger partial charge in [-0.1, -0.05) is 0 Å². The molecule has 1 aromatic heterocycles. The first-order valence-corrected chi connectivity index (χ1v) is 9.73. The SMILES string of the molecule is CC(C)(C)OC(=O)Nc1ccc2c(c1)Nc1nccc(N3CCOCC3)c1CO2. The molecule has 0 atom stereocenters. The molecule has 0 saturated carbocycles. The topological polar surface area (TPSA) is 85.0 Å². The fourth-order valence-corrected chi connectivity index (χ4v) is 3.36. The summed E-state index contributed by atoms with van der Waals surface area (Å²) in [6, 6.07) is 7.45. The molecule has 2 aromatic rings. The number of hydrogen-bond acceptors (Lipinski definition) is 7. The third-order valence-corrected chi connectivity index (χ3v) is 4.63. The number of nitrogens with one attached hydrogen (secondary N) is 2. The minimum atomic E-state index is -0.560. The van der Waals surface area contributed by atoms with Crippen molar-refractivity contribution in [1.82, 2.24) is 4.98 Å². The zero-order valence-corrected chi connectivity index (χ0v) is 16.9. The second kappa shape index (κ2) is 7.79. The summed E-state index contributed by atoms with van der Waals surface area (Å²) in [5, 5.41) is 6.12. The highest BCUT2D eigenvalue weighted by molar-refractivity contribution is 5.87. The van der Waals surface area contributed by atoms with Crippen molar-refractivity contribution in [3.8, 4) is 5.75 Å². The molecule has 1 amide bonds. The Labute approximate surface area is 170 Å². The van der Waals surface area contributed by atoms with Crippen molar-refractivity contribution in [2.45, 2.75) is 33.0 Å². The number of pyridine rings is 1. The van der Waals surface area contributed by atoms with Gasteiger partial charge in [-0.3, -0.25) is 5.32 Å². The van der Waals surface area contributed by atoms with Crippen molar-refractivity contribution < 1.29 is 19.0 Å². The zero-order valence-electron chi connectivity index (χ0n) is 16.9. The highest BCUT2D eigenvalue weighted by Gasteiger charge is 2.23. The number of nitrogens with zero attached hydrogens (tertiary/aromatic N) is 2. The minimum absolute atomic E-state index is 0.411. The van der Waals surface area contributed by atoms with E-state index in [-0.39, 0.29) is 0 Å². The molecule has 154 valence electrons. The van der Waals surface area contributed by atoms with E-state index in [1.165, 1.54) is 0 Å². The Morgan fingerprint density at radius 2 is 2.03 bits per heavy atom. The van der Waals surface area contributed by atoms with Gasteiger partial charge in [0.25, 0.3) is 0 Å². The van der Waals surface area contributed by atoms with Crippen LogP contribution in [0.4, 0.5) is 27.7 Å². The Balaban J connectivity index is 1.56. The summed E-state index contributed by atoms with van der Waals surface area (Å²) in [5.74, 6) is 1.45. The number of carbonyl (C=O) groups is 1. The first kappa shape index (κ1) is 19.3. The monoisotopic (exact) mass is 398 g/mol. The molecule has 3 heterocycles. The summed E-state index contributed by atoms with van der Waals surface area (Å²) in [6.45, 7) is 9.00. The molecule has 2 aliphatic rings. The van der Waals surface area contributed by atoms with E-state index in [0.717, 1.165) is 35.8 Å². The van der Waals surface area contributed by atoms with Crippen LogP contribution < -0.4 is 20.3 Å². The molecule has 8 heteroatoms. The average molecular weight is 398 g/mol. The number of carbonyl (C=O) groups excluding carboxylic acids is 1. The number of aromatic nitrogens is 1. The highest BCUT2D eigenvalue weighted by atomic mass is 16.6. The molecule has 0 bridgehead atoms. The lowest BCUT2D eigenvalue weighted by Crippen LogP contribution is -2.37. The lowest BCUT2D eigenvalue weighted by atomic mass is 10.2. The lowest BCUT2D eigenvalue weighted by molar-refractivity contribution is 0.0636. The summed E-state index contributed by atoms with van der Waals surface area (Å²) >= 11 is 0. The summed E-state index contributed by atoms with van der Waals surface area (Å²) in [6.07, 6.45) is 1.30. The summed E-state index contributed by atoms with van der Waals surface area (Å²) < 4.78 is 16.8. The van der Waals surface area contributed by atoms with Crippen LogP contribution in [0.5, 0.6) is 5.75 Å². The zero-order chi connectivity index (χ0) is 20.4. The molecule has 1 saturated heterocycles. The number of morpholine rings is 1. The lowest BCUT2D eigenvalue weighted by Gasteiger charge is -2.30. The van der Waals surface area contributed by atoms with Gasteiger partial charge in [-0.15, -0.1) is 0 Å². The van der Waals surface area contributed by atoms with Gasteiger partial charge in [0.2, 0.25) is 0 Å². The quantitative estimate of drug-likeness (QED) is 0.793. The third-order valence-electron chi connectivity index (χ3n) is 4.63. The van der Waals surface area contributed by atoms with E-state index in [1.807, 2.05) is 39.0 Å². The van der Waals surface area contributed by atoms with Crippen molar-refractivity contribution in [1.29, 1.82) is 0 Å². The molecule has 0 radical (unpaired) electrons. The highest BCUT2D eigenvalue weighted by Crippen LogP contribution is 2.38. The molecule has 1 aromatic carbocycles. The summed E-state index contributed by atoms with van der Waals surface area (Å²) in [7, 11) is 0. The summed E-state index contributed by atoms with van der Waals surface area (Å²) in [4.78, 5) is 18.9. The molecule has 0 aliphatic carbocycles. The first-order chi connectivity index (χ1) is 13.9. The van der Waals surface area contributed by atoms with Crippen LogP contribution >= 0.6 is 0 Å². The largest absolute Gasteiger partial charge is 0.486 e. The van der Waals surface area contributed by atoms with Crippen LogP contribution in [0.15, 0.2) is 30.5 Å². The second-order valence-corrected chi connectivity index (χ2v) is 8.01. The maximum Gasteiger partial charge on any atom is 0.412 e. The van der Waals surface area contributed by atoms with Crippen LogP contribution in [0.1, 0.15) is 26.3 Å². The standard InChI is InChI=1S/C21H26N4O4/c1-21(2,3)29-20(26)23-14-4-5-18-16(12-14)24-19-15(13-28-18)17(6-7-22-19)25-8-10-27-11-9-25/h4-7,12H,8-11,13H2,1-3H3,(H,22,24)(H,23,26). The molecular formula is C21H26N4O4. The van der Waals surface area contributed by atoms with E-state index in [4.69, 9.17) is 14.2 Å². The fraction of sp³-hybridized carbons (Fsp3) is 0.429. The second-order valence-electron chi connectivity index (χ2n) is 8.01. The van der Waals surface area contributed by atoms with Gasteiger partial charge in [0, 0.05) is 30.7 Å². The van der Waals surface area contributed by atoms with Crippen LogP contribution in [0, 0.1) is 0 Å². The van der Waals surface area contributed by atoms with Crippen LogP contribution in [0.25, 0.3) is 0 Å². The third kappa shape index (κ3) is 4.54. The summed E-state index contributed by atoms with van der Waals surface area (Å²) in [5.41, 5.74) is 2.90. The molecular weight excluding hydrogens is 372 g/mol. The van der Waals surface area contributed by atoms with Crippen LogP contribution in [0.3, 0.4) is 0 Å². The fourth-order valence-electron chi connectivity index (χ4n) is 3.36. The van der Waals surface area contributed by atoms with Crippen molar-refractivity contribution in [2.24, 2.45) is 0 Å². The van der Waals surface area contributed by atoms with Gasteiger partial charge >= 0.3 is 6.09 Å². The molecule has 1 fully saturated rings. The van der Waals surface area contributed by atoms with E-state index in [9.17, 15) is 4.79 Å². The molecule has 0 spiro atoms. The van der Waals surface area contributed by atoms with Gasteiger partial charge in [-0.2, -0.15) is 0 Å². The van der Waals surface area contributed by atoms with Crippen molar-refractivity contribution >= 4 is 29.0 Å². The minimum Gasteiger partial charge on any atom is -0.486 e. The van der Waals surface area contributed by atoms with Crippen molar-refractivity contribution in [2.75, 3.05) is 41.8 Å². The van der Waals surface area contributed by atoms with E-state index in [0.29, 0.717) is 31.3 Å². The predicted octanol–water partition coefficient (Wildman–Crippen LogP) is 3.90. The number of ether oxygens (including phenoxy) is 3. The van der Waals surface area contributed by atoms with Gasteiger partial charge < -0.3 is 24.4 Å². The van der Waals surface area contributed by atoms with E-state index in [1.54, 1.807) is 12.3 Å². The van der Waals surface area contributed by atoms with Gasteiger partial charge in [-0.05, 0) is 45.0 Å². The Bertz CT molecular complexity index is 904. The van der Waals surface area contributed by atoms with Gasteiger partial charge in [-0.25, -0.2) is 9.78 Å². The molecule has 2 aliphatic heterocycles. The number of anilines is 4. The van der Waals surface area contributed by atoms with Crippen molar-refractivity contribution in [3.63, 3.8) is 0 Å². The maximum atomic E-state index is 12.1. The Morgan fingerprint density at radius 3 is 2.79 bits per heavy atom. The molecule has 0 unspecified atom stereocenters. The van der Waals surface area contributed by atoms with Crippen LogP contribution in [-0.2, 0) is 16.1 Å². The maximum absolute atomic E-state index is 12.1. The van der Waals surface area contributed by atoms with E-state index >= 15 is 0 Å². The van der Waals surface area contributed by atoms with Gasteiger partial charge in [0.1, 0.15) is 23.8 Å². The van der Waals surface area contributed by atoms with E-state index in [2.05, 4.69) is 20.5 Å². The van der Waals surface area contributed by atoms with Crippen LogP contribution in [-0.4, -0.2) is 43.0 Å². The number of amides is 1. The Hall–Kier alpha value is -3.00. The Morgan fingerprint density at radius 1 is 1.24 bits per heavy atom. The number of rotatable bonds is 2. The molecule has 29 heavy (non-hydrogen) atoms. The van der Waals surface area contributed by atoms with Gasteiger partial charge in [0.15, 0.2) is 0 Å². The number of benzene rings is 1. The first-order valence-electron chi connectivity index (χ1n) is 9.73. The normalized spacial score (nSPS) is 15.9. The molecule has 4 rings (SSSR count). The average Bonchev–Trinajstić information content (AvgIpc) is 2.85. The predicted molar refractivity (Wildman–Crippen MR) is 111 cm³/mol. The number of fused-ring (bicyclic) bond motifs is 2. The van der Waals surface area contributed by atoms with Gasteiger partial charge in [0.05, 0.1) is 24.5 Å². The molecule has 8 nitrogen and oxygen atoms in total. The van der Waals surface area contributed by atoms with Crippen molar-refractivity contribution in [3.05, 3.63) is 36.0 Å². The molecule has 2 N–H and O–H groups in total.